The maximum absolute atomic E-state index is 13.9. The number of aromatic nitrogens is 3. The zero-order chi connectivity index (χ0) is 27.1. The standard InChI is InChI=1S/C26H16F4N4O3S2/c1-35-17-7-9-20-23(12-17)39-25(32-20)34(24-31-19-8-4-15(27)10-22(19)38-24)13-18-11-21(33-37-18)14-2-5-16(6-3-14)36-26(28,29)30/h2-12H,13H2,1H3. The highest BCUT2D eigenvalue weighted by Gasteiger charge is 2.31. The molecule has 198 valence electrons. The monoisotopic (exact) mass is 572 g/mol. The van der Waals surface area contributed by atoms with Crippen molar-refractivity contribution in [3.63, 3.8) is 0 Å². The van der Waals surface area contributed by atoms with Crippen LogP contribution in [0.15, 0.2) is 71.3 Å². The van der Waals surface area contributed by atoms with Crippen LogP contribution in [0.25, 0.3) is 31.7 Å². The normalized spacial score (nSPS) is 11.8. The Morgan fingerprint density at radius 3 is 2.15 bits per heavy atom. The van der Waals surface area contributed by atoms with E-state index in [0.717, 1.165) is 10.2 Å². The number of hydrogen-bond donors (Lipinski definition) is 0. The summed E-state index contributed by atoms with van der Waals surface area (Å²) in [6, 6.07) is 17.0. The van der Waals surface area contributed by atoms with Gasteiger partial charge in [0.25, 0.3) is 0 Å². The molecule has 0 bridgehead atoms. The molecule has 3 aromatic heterocycles. The number of fused-ring (bicyclic) bond motifs is 2. The molecule has 0 N–H and O–H groups in total. The lowest BCUT2D eigenvalue weighted by atomic mass is 10.1. The summed E-state index contributed by atoms with van der Waals surface area (Å²) >= 11 is 2.74. The van der Waals surface area contributed by atoms with Crippen LogP contribution in [0, 0.1) is 5.82 Å². The first-order valence-corrected chi connectivity index (χ1v) is 13.0. The molecule has 0 saturated carbocycles. The molecule has 7 nitrogen and oxygen atoms in total. The number of halogens is 4. The van der Waals surface area contributed by atoms with Gasteiger partial charge in [-0.1, -0.05) is 27.8 Å². The van der Waals surface area contributed by atoms with Crippen LogP contribution in [0.2, 0.25) is 0 Å². The summed E-state index contributed by atoms with van der Waals surface area (Å²) in [5.74, 6) is 0.470. The van der Waals surface area contributed by atoms with Crippen molar-refractivity contribution in [1.29, 1.82) is 0 Å². The van der Waals surface area contributed by atoms with Gasteiger partial charge in [-0.15, -0.1) is 13.2 Å². The maximum Gasteiger partial charge on any atom is 0.573 e. The highest BCUT2D eigenvalue weighted by Crippen LogP contribution is 2.39. The van der Waals surface area contributed by atoms with Crippen LogP contribution in [0.3, 0.4) is 0 Å². The summed E-state index contributed by atoms with van der Waals surface area (Å²) in [7, 11) is 1.59. The van der Waals surface area contributed by atoms with Crippen LogP contribution >= 0.6 is 22.7 Å². The number of thiazole rings is 2. The first-order valence-electron chi connectivity index (χ1n) is 11.3. The fourth-order valence-corrected chi connectivity index (χ4v) is 5.91. The van der Waals surface area contributed by atoms with Gasteiger partial charge in [0, 0.05) is 11.6 Å². The molecule has 0 aliphatic heterocycles. The summed E-state index contributed by atoms with van der Waals surface area (Å²) < 4.78 is 67.7. The fraction of sp³-hybridized carbons (Fsp3) is 0.115. The third kappa shape index (κ3) is 5.36. The van der Waals surface area contributed by atoms with E-state index in [-0.39, 0.29) is 18.1 Å². The van der Waals surface area contributed by atoms with Gasteiger partial charge in [0.15, 0.2) is 16.0 Å². The molecule has 0 fully saturated rings. The largest absolute Gasteiger partial charge is 0.573 e. The third-order valence-electron chi connectivity index (χ3n) is 5.64. The second-order valence-electron chi connectivity index (χ2n) is 8.28. The predicted molar refractivity (Wildman–Crippen MR) is 140 cm³/mol. The van der Waals surface area contributed by atoms with Crippen LogP contribution in [-0.2, 0) is 6.54 Å². The van der Waals surface area contributed by atoms with Gasteiger partial charge in [-0.3, -0.25) is 4.90 Å². The molecule has 3 aromatic carbocycles. The molecular weight excluding hydrogens is 556 g/mol. The molecule has 39 heavy (non-hydrogen) atoms. The number of anilines is 2. The average molecular weight is 573 g/mol. The van der Waals surface area contributed by atoms with E-state index in [2.05, 4.69) is 14.9 Å². The van der Waals surface area contributed by atoms with Crippen LogP contribution in [0.4, 0.5) is 27.8 Å². The summed E-state index contributed by atoms with van der Waals surface area (Å²) in [6.45, 7) is 0.196. The quantitative estimate of drug-likeness (QED) is 0.180. The molecule has 3 heterocycles. The fourth-order valence-electron chi connectivity index (χ4n) is 3.86. The lowest BCUT2D eigenvalue weighted by molar-refractivity contribution is -0.274. The van der Waals surface area contributed by atoms with Gasteiger partial charge in [-0.25, -0.2) is 14.4 Å². The first kappa shape index (κ1) is 25.1. The number of alkyl halides is 3. The SMILES string of the molecule is COc1ccc2nc(N(Cc3cc(-c4ccc(OC(F)(F)F)cc4)no3)c3nc4ccc(F)cc4s3)sc2c1. The minimum absolute atomic E-state index is 0.196. The van der Waals surface area contributed by atoms with Gasteiger partial charge in [-0.05, 0) is 60.7 Å². The Morgan fingerprint density at radius 2 is 1.49 bits per heavy atom. The summed E-state index contributed by atoms with van der Waals surface area (Å²) in [6.07, 6.45) is -4.77. The Morgan fingerprint density at radius 1 is 0.846 bits per heavy atom. The topological polar surface area (TPSA) is 73.5 Å². The smallest absolute Gasteiger partial charge is 0.497 e. The lowest BCUT2D eigenvalue weighted by Gasteiger charge is -2.16. The van der Waals surface area contributed by atoms with Crippen molar-refractivity contribution >= 4 is 53.4 Å². The van der Waals surface area contributed by atoms with E-state index in [0.29, 0.717) is 43.2 Å². The van der Waals surface area contributed by atoms with Crippen molar-refractivity contribution in [2.75, 3.05) is 12.0 Å². The van der Waals surface area contributed by atoms with Gasteiger partial charge in [-0.2, -0.15) is 0 Å². The van der Waals surface area contributed by atoms with Gasteiger partial charge >= 0.3 is 6.36 Å². The number of ether oxygens (including phenoxy) is 2. The van der Waals surface area contributed by atoms with Gasteiger partial charge in [0.2, 0.25) is 0 Å². The molecule has 0 spiro atoms. The number of benzene rings is 3. The van der Waals surface area contributed by atoms with Gasteiger partial charge < -0.3 is 14.0 Å². The highest BCUT2D eigenvalue weighted by molar-refractivity contribution is 7.24. The summed E-state index contributed by atoms with van der Waals surface area (Å²) in [4.78, 5) is 11.3. The molecule has 0 saturated heterocycles. The Balaban J connectivity index is 1.34. The van der Waals surface area contributed by atoms with Gasteiger partial charge in [0.1, 0.15) is 23.0 Å². The first-order chi connectivity index (χ1) is 18.7. The average Bonchev–Trinajstić information content (AvgIpc) is 3.64. The van der Waals surface area contributed by atoms with E-state index in [4.69, 9.17) is 14.2 Å². The number of rotatable bonds is 7. The van der Waals surface area contributed by atoms with Crippen LogP contribution < -0.4 is 14.4 Å². The van der Waals surface area contributed by atoms with Crippen molar-refractivity contribution in [3.05, 3.63) is 78.3 Å². The molecule has 0 aliphatic carbocycles. The maximum atomic E-state index is 13.9. The van der Waals surface area contributed by atoms with E-state index >= 15 is 0 Å². The predicted octanol–water partition coefficient (Wildman–Crippen LogP) is 7.95. The lowest BCUT2D eigenvalue weighted by Crippen LogP contribution is -2.16. The van der Waals surface area contributed by atoms with E-state index in [9.17, 15) is 17.6 Å². The molecule has 13 heteroatoms. The molecule has 0 aliphatic rings. The minimum Gasteiger partial charge on any atom is -0.497 e. The Labute approximate surface area is 225 Å². The molecule has 0 atom stereocenters. The zero-order valence-corrected chi connectivity index (χ0v) is 21.5. The summed E-state index contributed by atoms with van der Waals surface area (Å²) in [5, 5.41) is 5.29. The van der Waals surface area contributed by atoms with Crippen molar-refractivity contribution in [3.8, 4) is 22.8 Å². The molecule has 6 aromatic rings. The van der Waals surface area contributed by atoms with Crippen molar-refractivity contribution in [1.82, 2.24) is 15.1 Å². The van der Waals surface area contributed by atoms with Crippen molar-refractivity contribution in [2.45, 2.75) is 12.9 Å². The number of methoxy groups -OCH3 is 1. The van der Waals surface area contributed by atoms with E-state index in [1.165, 1.54) is 59.1 Å². The number of hydrogen-bond acceptors (Lipinski definition) is 9. The van der Waals surface area contributed by atoms with Gasteiger partial charge in [0.05, 0.1) is 34.1 Å². The van der Waals surface area contributed by atoms with E-state index < -0.39 is 6.36 Å². The minimum atomic E-state index is -4.77. The van der Waals surface area contributed by atoms with E-state index in [1.807, 2.05) is 23.1 Å². The highest BCUT2D eigenvalue weighted by atomic mass is 32.1. The number of nitrogens with zero attached hydrogens (tertiary/aromatic N) is 4. The van der Waals surface area contributed by atoms with Crippen molar-refractivity contribution < 1.29 is 31.6 Å². The summed E-state index contributed by atoms with van der Waals surface area (Å²) in [5.41, 5.74) is 2.40. The second-order valence-corrected chi connectivity index (χ2v) is 10.3. The van der Waals surface area contributed by atoms with Crippen LogP contribution in [0.5, 0.6) is 11.5 Å². The molecule has 0 radical (unpaired) electrons. The van der Waals surface area contributed by atoms with E-state index in [1.54, 1.807) is 19.2 Å². The molecular formula is C26H16F4N4O3S2. The Kier molecular flexibility index (Phi) is 6.31. The molecule has 6 rings (SSSR count). The molecule has 0 unspecified atom stereocenters. The Hall–Kier alpha value is -4.23. The molecule has 0 amide bonds. The van der Waals surface area contributed by atoms with Crippen LogP contribution in [-0.4, -0.2) is 28.6 Å². The Bertz CT molecular complexity index is 1780. The van der Waals surface area contributed by atoms with Crippen molar-refractivity contribution in [2.24, 2.45) is 0 Å². The van der Waals surface area contributed by atoms with Crippen LogP contribution in [0.1, 0.15) is 5.76 Å². The zero-order valence-electron chi connectivity index (χ0n) is 19.9. The third-order valence-corrected chi connectivity index (χ3v) is 7.72. The second kappa shape index (κ2) is 9.82.